The molecule has 1 rings (SSSR count). The van der Waals surface area contributed by atoms with Crippen LogP contribution in [0.4, 0.5) is 0 Å². The lowest BCUT2D eigenvalue weighted by atomic mass is 10.3. The third kappa shape index (κ3) is 5.44. The van der Waals surface area contributed by atoms with Crippen LogP contribution in [0.25, 0.3) is 0 Å². The van der Waals surface area contributed by atoms with Crippen molar-refractivity contribution in [2.24, 2.45) is 0 Å². The maximum atomic E-state index is 11.0. The second kappa shape index (κ2) is 6.89. The molecule has 0 aliphatic rings. The second-order valence-corrected chi connectivity index (χ2v) is 5.51. The van der Waals surface area contributed by atoms with Crippen LogP contribution in [-0.2, 0) is 4.79 Å². The van der Waals surface area contributed by atoms with Gasteiger partial charge in [-0.05, 0) is 24.3 Å². The molecule has 0 heterocycles. The molecule has 1 aromatic carbocycles. The minimum absolute atomic E-state index is 0.155. The van der Waals surface area contributed by atoms with Crippen LogP contribution in [0.3, 0.4) is 0 Å². The van der Waals surface area contributed by atoms with E-state index in [0.29, 0.717) is 10.8 Å². The third-order valence-corrected chi connectivity index (χ3v) is 3.42. The van der Waals surface area contributed by atoms with Crippen LogP contribution in [0.1, 0.15) is 13.8 Å². The maximum Gasteiger partial charge on any atom is 0.321 e. The highest BCUT2D eigenvalue weighted by molar-refractivity contribution is 7.99. The number of halogens is 1. The van der Waals surface area contributed by atoms with Gasteiger partial charge in [-0.3, -0.25) is 4.79 Å². The van der Waals surface area contributed by atoms with Gasteiger partial charge < -0.3 is 10.4 Å². The molecular formula is C12H16ClNO2S. The Morgan fingerprint density at radius 1 is 1.41 bits per heavy atom. The molecular weight excluding hydrogens is 258 g/mol. The lowest BCUT2D eigenvalue weighted by Gasteiger charge is -2.16. The molecule has 0 aliphatic carbocycles. The molecule has 0 saturated heterocycles. The van der Waals surface area contributed by atoms with Gasteiger partial charge in [0, 0.05) is 21.7 Å². The highest BCUT2D eigenvalue weighted by Gasteiger charge is 2.17. The molecule has 17 heavy (non-hydrogen) atoms. The SMILES string of the molecule is CC(C)NC(CSc1ccc(Cl)cc1)C(=O)O. The summed E-state index contributed by atoms with van der Waals surface area (Å²) in [6.45, 7) is 3.87. The van der Waals surface area contributed by atoms with E-state index in [9.17, 15) is 4.79 Å². The Morgan fingerprint density at radius 3 is 2.47 bits per heavy atom. The van der Waals surface area contributed by atoms with Crippen molar-refractivity contribution in [3.05, 3.63) is 29.3 Å². The summed E-state index contributed by atoms with van der Waals surface area (Å²) in [6.07, 6.45) is 0. The Balaban J connectivity index is 2.51. The van der Waals surface area contributed by atoms with Gasteiger partial charge in [-0.2, -0.15) is 0 Å². The number of rotatable bonds is 6. The van der Waals surface area contributed by atoms with Gasteiger partial charge >= 0.3 is 5.97 Å². The normalized spacial score (nSPS) is 12.7. The molecule has 0 bridgehead atoms. The van der Waals surface area contributed by atoms with Crippen LogP contribution >= 0.6 is 23.4 Å². The minimum Gasteiger partial charge on any atom is -0.480 e. The summed E-state index contributed by atoms with van der Waals surface area (Å²) in [4.78, 5) is 12.0. The number of hydrogen-bond acceptors (Lipinski definition) is 3. The zero-order valence-corrected chi connectivity index (χ0v) is 11.4. The van der Waals surface area contributed by atoms with Gasteiger partial charge in [0.2, 0.25) is 0 Å². The van der Waals surface area contributed by atoms with Gasteiger partial charge in [0.25, 0.3) is 0 Å². The van der Waals surface area contributed by atoms with Crippen molar-refractivity contribution in [3.8, 4) is 0 Å². The van der Waals surface area contributed by atoms with Crippen molar-refractivity contribution >= 4 is 29.3 Å². The number of nitrogens with one attached hydrogen (secondary N) is 1. The molecule has 0 radical (unpaired) electrons. The van der Waals surface area contributed by atoms with Gasteiger partial charge in [-0.15, -0.1) is 11.8 Å². The predicted molar refractivity (Wildman–Crippen MR) is 71.9 cm³/mol. The molecule has 5 heteroatoms. The van der Waals surface area contributed by atoms with E-state index in [2.05, 4.69) is 5.32 Å². The first-order chi connectivity index (χ1) is 7.99. The number of thioether (sulfide) groups is 1. The van der Waals surface area contributed by atoms with E-state index in [0.717, 1.165) is 4.90 Å². The van der Waals surface area contributed by atoms with E-state index in [4.69, 9.17) is 16.7 Å². The number of carboxylic acids is 1. The van der Waals surface area contributed by atoms with E-state index in [1.165, 1.54) is 11.8 Å². The number of carbonyl (C=O) groups is 1. The second-order valence-electron chi connectivity index (χ2n) is 3.98. The number of aliphatic carboxylic acids is 1. The average molecular weight is 274 g/mol. The first kappa shape index (κ1) is 14.4. The van der Waals surface area contributed by atoms with E-state index in [-0.39, 0.29) is 6.04 Å². The smallest absolute Gasteiger partial charge is 0.321 e. The van der Waals surface area contributed by atoms with Crippen LogP contribution in [0.15, 0.2) is 29.2 Å². The molecule has 1 unspecified atom stereocenters. The quantitative estimate of drug-likeness (QED) is 0.783. The summed E-state index contributed by atoms with van der Waals surface area (Å²) in [5.41, 5.74) is 0. The predicted octanol–water partition coefficient (Wildman–Crippen LogP) is 2.88. The Morgan fingerprint density at radius 2 is 2.00 bits per heavy atom. The largest absolute Gasteiger partial charge is 0.480 e. The van der Waals surface area contributed by atoms with Crippen LogP contribution in [0.2, 0.25) is 5.02 Å². The summed E-state index contributed by atoms with van der Waals surface area (Å²) in [7, 11) is 0. The summed E-state index contributed by atoms with van der Waals surface area (Å²) >= 11 is 7.28. The van der Waals surface area contributed by atoms with Crippen molar-refractivity contribution in [1.29, 1.82) is 0 Å². The van der Waals surface area contributed by atoms with Crippen molar-refractivity contribution < 1.29 is 9.90 Å². The molecule has 3 nitrogen and oxygen atoms in total. The monoisotopic (exact) mass is 273 g/mol. The third-order valence-electron chi connectivity index (χ3n) is 2.06. The fourth-order valence-corrected chi connectivity index (χ4v) is 2.36. The Hall–Kier alpha value is -0.710. The van der Waals surface area contributed by atoms with Gasteiger partial charge in [0.15, 0.2) is 0 Å². The molecule has 0 aromatic heterocycles. The van der Waals surface area contributed by atoms with E-state index < -0.39 is 12.0 Å². The van der Waals surface area contributed by atoms with Gasteiger partial charge in [-0.25, -0.2) is 0 Å². The molecule has 2 N–H and O–H groups in total. The maximum absolute atomic E-state index is 11.0. The van der Waals surface area contributed by atoms with Gasteiger partial charge in [0.05, 0.1) is 0 Å². The summed E-state index contributed by atoms with van der Waals surface area (Å²) in [6, 6.07) is 7.01. The zero-order chi connectivity index (χ0) is 12.8. The first-order valence-corrected chi connectivity index (χ1v) is 6.72. The van der Waals surface area contributed by atoms with Crippen molar-refractivity contribution in [2.75, 3.05) is 5.75 Å². The number of hydrogen-bond donors (Lipinski definition) is 2. The molecule has 1 aromatic rings. The summed E-state index contributed by atoms with van der Waals surface area (Å²) in [5, 5.41) is 12.7. The van der Waals surface area contributed by atoms with Crippen molar-refractivity contribution in [3.63, 3.8) is 0 Å². The standard InChI is InChI=1S/C12H16ClNO2S/c1-8(2)14-11(12(15)16)7-17-10-5-3-9(13)4-6-10/h3-6,8,11,14H,7H2,1-2H3,(H,15,16). The van der Waals surface area contributed by atoms with E-state index in [1.54, 1.807) is 12.1 Å². The average Bonchev–Trinajstić information content (AvgIpc) is 2.25. The Bertz CT molecular complexity index is 367. The summed E-state index contributed by atoms with van der Waals surface area (Å²) < 4.78 is 0. The van der Waals surface area contributed by atoms with Crippen LogP contribution < -0.4 is 5.32 Å². The molecule has 0 amide bonds. The number of benzene rings is 1. The highest BCUT2D eigenvalue weighted by Crippen LogP contribution is 2.21. The van der Waals surface area contributed by atoms with E-state index in [1.807, 2.05) is 26.0 Å². The zero-order valence-electron chi connectivity index (χ0n) is 9.81. The topological polar surface area (TPSA) is 49.3 Å². The van der Waals surface area contributed by atoms with E-state index >= 15 is 0 Å². The Labute approximate surface area is 111 Å². The Kier molecular flexibility index (Phi) is 5.82. The fourth-order valence-electron chi connectivity index (χ4n) is 1.30. The minimum atomic E-state index is -0.819. The van der Waals surface area contributed by atoms with Gasteiger partial charge in [0.1, 0.15) is 6.04 Å². The summed E-state index contributed by atoms with van der Waals surface area (Å²) in [5.74, 6) is -0.324. The fraction of sp³-hybridized carbons (Fsp3) is 0.417. The van der Waals surface area contributed by atoms with Crippen molar-refractivity contribution in [2.45, 2.75) is 30.8 Å². The van der Waals surface area contributed by atoms with Crippen molar-refractivity contribution in [1.82, 2.24) is 5.32 Å². The highest BCUT2D eigenvalue weighted by atomic mass is 35.5. The molecule has 1 atom stereocenters. The number of carboxylic acid groups (broad SMARTS) is 1. The lowest BCUT2D eigenvalue weighted by Crippen LogP contribution is -2.42. The molecule has 0 spiro atoms. The molecule has 94 valence electrons. The van der Waals surface area contributed by atoms with Crippen LogP contribution in [0, 0.1) is 0 Å². The molecule has 0 fully saturated rings. The lowest BCUT2D eigenvalue weighted by molar-refractivity contribution is -0.139. The molecule has 0 aliphatic heterocycles. The van der Waals surface area contributed by atoms with Crippen LogP contribution in [0.5, 0.6) is 0 Å². The van der Waals surface area contributed by atoms with Gasteiger partial charge in [-0.1, -0.05) is 25.4 Å². The first-order valence-electron chi connectivity index (χ1n) is 5.36. The van der Waals surface area contributed by atoms with Crippen LogP contribution in [-0.4, -0.2) is 28.9 Å². The molecule has 0 saturated carbocycles.